The first-order valence-electron chi connectivity index (χ1n) is 40.5. The number of phosphoric ester groups is 2. The number of rotatable bonds is 77. The van der Waals surface area contributed by atoms with Gasteiger partial charge >= 0.3 is 39.5 Å². The molecule has 0 heterocycles. The van der Waals surface area contributed by atoms with Crippen LogP contribution in [0.2, 0.25) is 0 Å². The topological polar surface area (TPSA) is 237 Å². The first-order chi connectivity index (χ1) is 46.9. The van der Waals surface area contributed by atoms with Crippen molar-refractivity contribution in [3.63, 3.8) is 0 Å². The fourth-order valence-electron chi connectivity index (χ4n) is 12.0. The Bertz CT molecular complexity index is 1870. The van der Waals surface area contributed by atoms with Crippen molar-refractivity contribution in [1.29, 1.82) is 0 Å². The van der Waals surface area contributed by atoms with E-state index in [9.17, 15) is 43.2 Å². The van der Waals surface area contributed by atoms with Gasteiger partial charge in [-0.1, -0.05) is 356 Å². The minimum absolute atomic E-state index is 0.106. The molecule has 0 saturated heterocycles. The van der Waals surface area contributed by atoms with E-state index in [-0.39, 0.29) is 25.7 Å². The highest BCUT2D eigenvalue weighted by Crippen LogP contribution is 2.45. The minimum atomic E-state index is -4.96. The van der Waals surface area contributed by atoms with Crippen molar-refractivity contribution in [3.05, 3.63) is 0 Å². The number of aliphatic hydroxyl groups is 1. The van der Waals surface area contributed by atoms with Crippen LogP contribution in [0.5, 0.6) is 0 Å². The Morgan fingerprint density at radius 1 is 0.278 bits per heavy atom. The Morgan fingerprint density at radius 3 is 0.701 bits per heavy atom. The van der Waals surface area contributed by atoms with E-state index in [0.717, 1.165) is 102 Å². The van der Waals surface area contributed by atoms with Gasteiger partial charge < -0.3 is 33.8 Å². The molecule has 0 fully saturated rings. The third-order valence-electron chi connectivity index (χ3n) is 18.2. The maximum absolute atomic E-state index is 13.1. The Morgan fingerprint density at radius 2 is 0.474 bits per heavy atom. The van der Waals surface area contributed by atoms with Gasteiger partial charge in [-0.3, -0.25) is 37.3 Å². The fraction of sp³-hybridized carbons (Fsp3) is 0.949. The molecule has 0 rings (SSSR count). The summed E-state index contributed by atoms with van der Waals surface area (Å²) >= 11 is 0. The van der Waals surface area contributed by atoms with E-state index in [1.165, 1.54) is 225 Å². The molecule has 3 N–H and O–H groups in total. The molecule has 0 aliphatic rings. The van der Waals surface area contributed by atoms with Crippen LogP contribution >= 0.6 is 15.6 Å². The number of carbonyl (C=O) groups is 4. The van der Waals surface area contributed by atoms with E-state index in [0.29, 0.717) is 25.7 Å². The molecule has 0 radical (unpaired) electrons. The molecule has 5 atom stereocenters. The van der Waals surface area contributed by atoms with Gasteiger partial charge in [-0.15, -0.1) is 0 Å². The summed E-state index contributed by atoms with van der Waals surface area (Å²) in [5.74, 6) is -0.605. The molecular weight excluding hydrogens is 1270 g/mol. The van der Waals surface area contributed by atoms with Crippen molar-refractivity contribution in [2.45, 2.75) is 426 Å². The van der Waals surface area contributed by atoms with E-state index >= 15 is 0 Å². The van der Waals surface area contributed by atoms with Gasteiger partial charge in [0.1, 0.15) is 19.3 Å². The van der Waals surface area contributed by atoms with Crippen LogP contribution in [0.1, 0.15) is 408 Å². The van der Waals surface area contributed by atoms with Gasteiger partial charge in [-0.25, -0.2) is 9.13 Å². The van der Waals surface area contributed by atoms with E-state index in [1.54, 1.807) is 0 Å². The molecule has 0 amide bonds. The molecule has 0 bridgehead atoms. The summed E-state index contributed by atoms with van der Waals surface area (Å²) in [4.78, 5) is 72.8. The van der Waals surface area contributed by atoms with E-state index in [1.807, 2.05) is 0 Å². The van der Waals surface area contributed by atoms with Crippen LogP contribution < -0.4 is 0 Å². The highest BCUT2D eigenvalue weighted by molar-refractivity contribution is 7.47. The molecule has 0 aromatic carbocycles. The van der Waals surface area contributed by atoms with Gasteiger partial charge in [0.05, 0.1) is 26.4 Å². The van der Waals surface area contributed by atoms with Crippen LogP contribution in [0.15, 0.2) is 0 Å². The van der Waals surface area contributed by atoms with Crippen molar-refractivity contribution >= 4 is 39.5 Å². The van der Waals surface area contributed by atoms with Crippen LogP contribution in [-0.4, -0.2) is 96.7 Å². The smallest absolute Gasteiger partial charge is 0.462 e. The molecule has 0 spiro atoms. The van der Waals surface area contributed by atoms with Crippen molar-refractivity contribution in [3.8, 4) is 0 Å². The molecular formula is C78H152O17P2. The Balaban J connectivity index is 5.18. The van der Waals surface area contributed by atoms with E-state index in [2.05, 4.69) is 41.5 Å². The second-order valence-corrected chi connectivity index (χ2v) is 32.0. The summed E-state index contributed by atoms with van der Waals surface area (Å²) in [7, 11) is -9.91. The van der Waals surface area contributed by atoms with Crippen molar-refractivity contribution in [2.24, 2.45) is 11.8 Å². The summed E-state index contributed by atoms with van der Waals surface area (Å²) in [5.41, 5.74) is 0. The Labute approximate surface area is 594 Å². The zero-order valence-corrected chi connectivity index (χ0v) is 65.2. The predicted molar refractivity (Wildman–Crippen MR) is 395 cm³/mol. The Hall–Kier alpha value is -1.94. The van der Waals surface area contributed by atoms with Gasteiger partial charge in [0.2, 0.25) is 0 Å². The van der Waals surface area contributed by atoms with Gasteiger partial charge in [-0.05, 0) is 37.5 Å². The first kappa shape index (κ1) is 95.1. The molecule has 0 aliphatic heterocycles. The van der Waals surface area contributed by atoms with Crippen LogP contribution in [0, 0.1) is 11.8 Å². The molecule has 2 unspecified atom stereocenters. The number of unbranched alkanes of at least 4 members (excludes halogenated alkanes) is 47. The molecule has 17 nitrogen and oxygen atoms in total. The third kappa shape index (κ3) is 72.2. The van der Waals surface area contributed by atoms with Crippen LogP contribution in [0.4, 0.5) is 0 Å². The predicted octanol–water partition coefficient (Wildman–Crippen LogP) is 23.1. The summed E-state index contributed by atoms with van der Waals surface area (Å²) in [6.45, 7) is 9.57. The summed E-state index contributed by atoms with van der Waals surface area (Å²) in [6, 6.07) is 0. The second-order valence-electron chi connectivity index (χ2n) is 29.1. The van der Waals surface area contributed by atoms with Gasteiger partial charge in [0, 0.05) is 25.7 Å². The summed E-state index contributed by atoms with van der Waals surface area (Å²) in [5, 5.41) is 10.6. The molecule has 0 aliphatic carbocycles. The molecule has 97 heavy (non-hydrogen) atoms. The van der Waals surface area contributed by atoms with E-state index in [4.69, 9.17) is 37.0 Å². The maximum atomic E-state index is 13.1. The van der Waals surface area contributed by atoms with Crippen LogP contribution in [-0.2, 0) is 65.4 Å². The molecule has 0 aromatic heterocycles. The average Bonchev–Trinajstić information content (AvgIpc) is 1.11. The van der Waals surface area contributed by atoms with Crippen molar-refractivity contribution in [2.75, 3.05) is 39.6 Å². The highest BCUT2D eigenvalue weighted by Gasteiger charge is 2.30. The number of carbonyl (C=O) groups excluding carboxylic acids is 4. The molecule has 576 valence electrons. The minimum Gasteiger partial charge on any atom is -0.462 e. The monoisotopic (exact) mass is 1420 g/mol. The average molecular weight is 1420 g/mol. The zero-order chi connectivity index (χ0) is 71.4. The summed E-state index contributed by atoms with van der Waals surface area (Å²) in [6.07, 6.45) is 58.4. The second kappa shape index (κ2) is 69.8. The molecule has 19 heteroatoms. The van der Waals surface area contributed by atoms with Crippen LogP contribution in [0.25, 0.3) is 0 Å². The lowest BCUT2D eigenvalue weighted by Crippen LogP contribution is -2.30. The third-order valence-corrected chi connectivity index (χ3v) is 20.1. The number of ether oxygens (including phenoxy) is 4. The van der Waals surface area contributed by atoms with Gasteiger partial charge in [0.25, 0.3) is 0 Å². The quantitative estimate of drug-likeness (QED) is 0.0222. The zero-order valence-electron chi connectivity index (χ0n) is 63.4. The normalized spacial score (nSPS) is 14.0. The first-order valence-corrected chi connectivity index (χ1v) is 43.5. The molecule has 0 saturated carbocycles. The van der Waals surface area contributed by atoms with E-state index < -0.39 is 97.5 Å². The lowest BCUT2D eigenvalue weighted by Gasteiger charge is -2.21. The van der Waals surface area contributed by atoms with Crippen LogP contribution in [0.3, 0.4) is 0 Å². The number of hydrogen-bond donors (Lipinski definition) is 3. The van der Waals surface area contributed by atoms with Crippen molar-refractivity contribution in [1.82, 2.24) is 0 Å². The lowest BCUT2D eigenvalue weighted by atomic mass is 10.0. The Kier molecular flexibility index (Phi) is 68.4. The maximum Gasteiger partial charge on any atom is 0.472 e. The highest BCUT2D eigenvalue weighted by atomic mass is 31.2. The van der Waals surface area contributed by atoms with Crippen molar-refractivity contribution < 1.29 is 80.2 Å². The lowest BCUT2D eigenvalue weighted by molar-refractivity contribution is -0.161. The number of hydrogen-bond acceptors (Lipinski definition) is 15. The van der Waals surface area contributed by atoms with Gasteiger partial charge in [-0.2, -0.15) is 0 Å². The largest absolute Gasteiger partial charge is 0.472 e. The SMILES string of the molecule is CCCCCCCCCCCCCCCCCCCCCCCCC(=O)O[C@H](COC(=O)CCCCCCCCCCCCC(C)C)COP(=O)(O)OC[C@@H](O)COP(=O)(O)OC[C@@H](COC(=O)CCCCCCCCCCC)OC(=O)CCCCCCCCCCCCC(C)C. The number of aliphatic hydroxyl groups excluding tert-OH is 1. The molecule has 0 aromatic rings. The van der Waals surface area contributed by atoms with Gasteiger partial charge in [0.15, 0.2) is 12.2 Å². The fourth-order valence-corrected chi connectivity index (χ4v) is 13.6. The summed E-state index contributed by atoms with van der Waals surface area (Å²) < 4.78 is 68.5. The standard InChI is InChI=1S/C78H152O17P2/c1-7-9-11-13-15-17-18-19-20-21-22-23-24-25-26-27-28-29-38-44-50-56-62-77(82)94-74(67-89-76(81)61-55-49-43-37-32-30-35-40-46-52-58-70(3)4)69-93-97(86,87)91-65-72(79)64-90-96(84,85)92-68-73(66-88-75(80)60-54-48-42-34-16-14-12-10-8-2)95-78(83)63-57-51-45-39-33-31-36-41-47-53-59-71(5)6/h70-74,79H,7-69H2,1-6H3,(H,84,85)(H,86,87)/t72-,73+,74+/m0/s1. The number of phosphoric acid groups is 2. The number of esters is 4.